The Hall–Kier alpha value is -1.10. The molecule has 2 N–H and O–H groups in total. The maximum atomic E-state index is 13.2. The van der Waals surface area contributed by atoms with Gasteiger partial charge in [-0.25, -0.2) is 4.39 Å². The number of hydrogen-bond acceptors (Lipinski definition) is 2. The summed E-state index contributed by atoms with van der Waals surface area (Å²) in [6.45, 7) is 1.36. The average Bonchev–Trinajstić information content (AvgIpc) is 2.48. The van der Waals surface area contributed by atoms with E-state index in [4.69, 9.17) is 0 Å². The van der Waals surface area contributed by atoms with E-state index in [1.165, 1.54) is 6.07 Å². The Morgan fingerprint density at radius 1 is 1.25 bits per heavy atom. The van der Waals surface area contributed by atoms with Gasteiger partial charge in [0.05, 0.1) is 0 Å². The van der Waals surface area contributed by atoms with Crippen LogP contribution in [0.15, 0.2) is 23.2 Å². The Kier molecular flexibility index (Phi) is 10.9. The third-order valence-electron chi connectivity index (χ3n) is 2.93. The summed E-state index contributed by atoms with van der Waals surface area (Å²) in [5.74, 6) is 0.262. The van der Waals surface area contributed by atoms with Crippen LogP contribution in [0.3, 0.4) is 0 Å². The topological polar surface area (TPSA) is 45.7 Å². The number of nitrogens with one attached hydrogen (secondary N) is 2. The lowest BCUT2D eigenvalue weighted by Crippen LogP contribution is -2.37. The minimum absolute atomic E-state index is 0. The summed E-state index contributed by atoms with van der Waals surface area (Å²) in [7, 11) is 1.59. The van der Waals surface area contributed by atoms with E-state index < -0.39 is 12.8 Å². The van der Waals surface area contributed by atoms with Crippen molar-refractivity contribution in [3.63, 3.8) is 0 Å². The molecule has 0 heterocycles. The van der Waals surface area contributed by atoms with Crippen molar-refractivity contribution in [2.45, 2.75) is 26.1 Å². The van der Waals surface area contributed by atoms with Gasteiger partial charge in [-0.1, -0.05) is 12.1 Å². The van der Waals surface area contributed by atoms with E-state index in [0.717, 1.165) is 5.56 Å². The molecule has 0 bridgehead atoms. The van der Waals surface area contributed by atoms with E-state index in [9.17, 15) is 17.6 Å². The number of alkyl halides is 3. The number of ether oxygens (including phenoxy) is 1. The van der Waals surface area contributed by atoms with E-state index in [-0.39, 0.29) is 36.4 Å². The number of hydrogen-bond donors (Lipinski definition) is 2. The highest BCUT2D eigenvalue weighted by atomic mass is 127. The van der Waals surface area contributed by atoms with Gasteiger partial charge in [0.1, 0.15) is 12.4 Å². The molecular weight excluding hydrogens is 441 g/mol. The van der Waals surface area contributed by atoms with Crippen LogP contribution in [-0.4, -0.2) is 38.9 Å². The van der Waals surface area contributed by atoms with Crippen LogP contribution in [0, 0.1) is 12.7 Å². The molecule has 1 aromatic carbocycles. The van der Waals surface area contributed by atoms with Gasteiger partial charge in [-0.05, 0) is 30.5 Å². The minimum Gasteiger partial charge on any atom is -0.372 e. The van der Waals surface area contributed by atoms with E-state index in [1.807, 2.05) is 0 Å². The van der Waals surface area contributed by atoms with Crippen molar-refractivity contribution >= 4 is 29.9 Å². The Morgan fingerprint density at radius 3 is 2.54 bits per heavy atom. The van der Waals surface area contributed by atoms with Crippen LogP contribution in [0.5, 0.6) is 0 Å². The largest absolute Gasteiger partial charge is 0.411 e. The summed E-state index contributed by atoms with van der Waals surface area (Å²) in [6, 6.07) is 4.81. The lowest BCUT2D eigenvalue weighted by molar-refractivity contribution is -0.173. The van der Waals surface area contributed by atoms with Crippen LogP contribution in [0.1, 0.15) is 17.5 Å². The first-order valence-corrected chi connectivity index (χ1v) is 7.16. The van der Waals surface area contributed by atoms with E-state index >= 15 is 0 Å². The summed E-state index contributed by atoms with van der Waals surface area (Å²) in [4.78, 5) is 4.00. The van der Waals surface area contributed by atoms with E-state index in [2.05, 4.69) is 20.4 Å². The summed E-state index contributed by atoms with van der Waals surface area (Å²) >= 11 is 0. The molecule has 1 rings (SSSR count). The first-order valence-electron chi connectivity index (χ1n) is 7.16. The molecular formula is C15H22F4IN3O. The van der Waals surface area contributed by atoms with Crippen LogP contribution in [0.4, 0.5) is 17.6 Å². The maximum absolute atomic E-state index is 13.2. The third kappa shape index (κ3) is 9.91. The highest BCUT2D eigenvalue weighted by Crippen LogP contribution is 2.14. The van der Waals surface area contributed by atoms with Gasteiger partial charge in [-0.2, -0.15) is 13.2 Å². The Bertz CT molecular complexity index is 524. The third-order valence-corrected chi connectivity index (χ3v) is 2.93. The molecule has 0 spiro atoms. The van der Waals surface area contributed by atoms with E-state index in [1.54, 1.807) is 26.1 Å². The Balaban J connectivity index is 0.00000529. The first-order chi connectivity index (χ1) is 10.8. The normalized spacial score (nSPS) is 11.8. The lowest BCUT2D eigenvalue weighted by Gasteiger charge is -2.13. The predicted octanol–water partition coefficient (Wildman–Crippen LogP) is 3.39. The molecule has 0 atom stereocenters. The maximum Gasteiger partial charge on any atom is 0.411 e. The number of aryl methyl sites for hydroxylation is 1. The number of benzene rings is 1. The van der Waals surface area contributed by atoms with Gasteiger partial charge in [0.15, 0.2) is 5.96 Å². The van der Waals surface area contributed by atoms with Crippen molar-refractivity contribution in [2.24, 2.45) is 4.99 Å². The summed E-state index contributed by atoms with van der Waals surface area (Å²) in [5, 5.41) is 6.01. The number of aliphatic imine (C=N–C) groups is 1. The zero-order chi connectivity index (χ0) is 17.3. The molecule has 0 saturated heterocycles. The first kappa shape index (κ1) is 22.9. The highest BCUT2D eigenvalue weighted by molar-refractivity contribution is 14.0. The van der Waals surface area contributed by atoms with Crippen LogP contribution in [0.2, 0.25) is 0 Å². The molecule has 4 nitrogen and oxygen atoms in total. The second-order valence-corrected chi connectivity index (χ2v) is 4.96. The molecule has 9 heteroatoms. The summed E-state index contributed by atoms with van der Waals surface area (Å²) in [5.41, 5.74) is 1.47. The monoisotopic (exact) mass is 463 g/mol. The van der Waals surface area contributed by atoms with Crippen LogP contribution in [0.25, 0.3) is 0 Å². The molecule has 0 unspecified atom stereocenters. The van der Waals surface area contributed by atoms with Crippen LogP contribution < -0.4 is 10.6 Å². The SMILES string of the molecule is CN=C(NCCCOCC(F)(F)F)NCc1ccc(F)c(C)c1.I. The van der Waals surface area contributed by atoms with Crippen molar-refractivity contribution in [3.05, 3.63) is 35.1 Å². The second kappa shape index (κ2) is 11.5. The van der Waals surface area contributed by atoms with Gasteiger partial charge in [-0.15, -0.1) is 24.0 Å². The van der Waals surface area contributed by atoms with Gasteiger partial charge in [0, 0.05) is 26.7 Å². The highest BCUT2D eigenvalue weighted by Gasteiger charge is 2.27. The lowest BCUT2D eigenvalue weighted by atomic mass is 10.1. The molecule has 138 valence electrons. The molecule has 0 aliphatic heterocycles. The fraction of sp³-hybridized carbons (Fsp3) is 0.533. The van der Waals surface area contributed by atoms with Gasteiger partial charge in [-0.3, -0.25) is 4.99 Å². The molecule has 1 aromatic rings. The molecule has 0 aliphatic rings. The molecule has 0 amide bonds. The van der Waals surface area contributed by atoms with Gasteiger partial charge in [0.25, 0.3) is 0 Å². The zero-order valence-electron chi connectivity index (χ0n) is 13.5. The van der Waals surface area contributed by atoms with Crippen molar-refractivity contribution < 1.29 is 22.3 Å². The predicted molar refractivity (Wildman–Crippen MR) is 96.2 cm³/mol. The van der Waals surface area contributed by atoms with Gasteiger partial charge >= 0.3 is 6.18 Å². The number of rotatable bonds is 7. The van der Waals surface area contributed by atoms with Crippen LogP contribution >= 0.6 is 24.0 Å². The molecule has 0 saturated carbocycles. The fourth-order valence-corrected chi connectivity index (χ4v) is 1.79. The molecule has 0 fully saturated rings. The standard InChI is InChI=1S/C15H21F4N3O.HI/c1-11-8-12(4-5-13(11)16)9-22-14(20-2)21-6-3-7-23-10-15(17,18)19;/h4-5,8H,3,6-7,9-10H2,1-2H3,(H2,20,21,22);1H. The van der Waals surface area contributed by atoms with Gasteiger partial charge in [0.2, 0.25) is 0 Å². The zero-order valence-corrected chi connectivity index (χ0v) is 15.9. The van der Waals surface area contributed by atoms with Crippen LogP contribution in [-0.2, 0) is 11.3 Å². The van der Waals surface area contributed by atoms with Crippen molar-refractivity contribution in [1.29, 1.82) is 0 Å². The molecule has 0 radical (unpaired) electrons. The second-order valence-electron chi connectivity index (χ2n) is 4.96. The molecule has 0 aliphatic carbocycles. The number of nitrogens with zero attached hydrogens (tertiary/aromatic N) is 1. The molecule has 24 heavy (non-hydrogen) atoms. The summed E-state index contributed by atoms with van der Waals surface area (Å²) < 4.78 is 53.3. The quantitative estimate of drug-likeness (QED) is 0.214. The van der Waals surface area contributed by atoms with Crippen molar-refractivity contribution in [3.8, 4) is 0 Å². The smallest absolute Gasteiger partial charge is 0.372 e. The number of halogens is 5. The van der Waals surface area contributed by atoms with Crippen molar-refractivity contribution in [1.82, 2.24) is 10.6 Å². The number of guanidine groups is 1. The Morgan fingerprint density at radius 2 is 1.96 bits per heavy atom. The van der Waals surface area contributed by atoms with E-state index in [0.29, 0.717) is 31.0 Å². The minimum atomic E-state index is -4.29. The fourth-order valence-electron chi connectivity index (χ4n) is 1.79. The Labute approximate surface area is 156 Å². The summed E-state index contributed by atoms with van der Waals surface area (Å²) in [6.07, 6.45) is -3.87. The van der Waals surface area contributed by atoms with Crippen molar-refractivity contribution in [2.75, 3.05) is 26.8 Å². The average molecular weight is 463 g/mol. The molecule has 0 aromatic heterocycles. The van der Waals surface area contributed by atoms with Gasteiger partial charge < -0.3 is 15.4 Å².